The summed E-state index contributed by atoms with van der Waals surface area (Å²) in [7, 11) is 0. The minimum Gasteiger partial charge on any atom is -0.398 e. The highest BCUT2D eigenvalue weighted by molar-refractivity contribution is 5.93. The number of amides is 1. The molecule has 1 saturated heterocycles. The minimum absolute atomic E-state index is 0.448. The molecule has 2 rings (SSSR count). The summed E-state index contributed by atoms with van der Waals surface area (Å²) in [6.07, 6.45) is 1.04. The first kappa shape index (κ1) is 12.9. The number of ether oxygens (including phenoxy) is 1. The van der Waals surface area contributed by atoms with E-state index in [0.717, 1.165) is 44.8 Å². The van der Waals surface area contributed by atoms with Crippen LogP contribution in [0.15, 0.2) is 18.2 Å². The molecule has 1 fully saturated rings. The second-order valence-corrected chi connectivity index (χ2v) is 4.52. The smallest absolute Gasteiger partial charge is 0.248 e. The molecule has 5 nitrogen and oxygen atoms in total. The number of primary amides is 1. The molecule has 0 radical (unpaired) electrons. The van der Waals surface area contributed by atoms with Crippen LogP contribution in [0, 0.1) is 0 Å². The molecule has 0 atom stereocenters. The van der Waals surface area contributed by atoms with E-state index in [-0.39, 0.29) is 0 Å². The fraction of sp³-hybridized carbons (Fsp3) is 0.462. The normalized spacial score (nSPS) is 17.3. The van der Waals surface area contributed by atoms with Crippen molar-refractivity contribution in [2.75, 3.05) is 32.0 Å². The second-order valence-electron chi connectivity index (χ2n) is 4.52. The third kappa shape index (κ3) is 3.21. The van der Waals surface area contributed by atoms with E-state index in [2.05, 4.69) is 4.90 Å². The van der Waals surface area contributed by atoms with Crippen LogP contribution < -0.4 is 11.5 Å². The Morgan fingerprint density at radius 1 is 1.33 bits per heavy atom. The fourth-order valence-corrected chi connectivity index (χ4v) is 2.09. The molecule has 1 heterocycles. The molecule has 1 aromatic rings. The van der Waals surface area contributed by atoms with Gasteiger partial charge in [0, 0.05) is 37.5 Å². The van der Waals surface area contributed by atoms with E-state index in [1.165, 1.54) is 0 Å². The highest BCUT2D eigenvalue weighted by atomic mass is 16.5. The predicted molar refractivity (Wildman–Crippen MR) is 70.1 cm³/mol. The van der Waals surface area contributed by atoms with Crippen LogP contribution in [0.4, 0.5) is 5.69 Å². The van der Waals surface area contributed by atoms with Gasteiger partial charge in [0.2, 0.25) is 5.91 Å². The highest BCUT2D eigenvalue weighted by Crippen LogP contribution is 2.17. The summed E-state index contributed by atoms with van der Waals surface area (Å²) in [5, 5.41) is 0. The van der Waals surface area contributed by atoms with Gasteiger partial charge in [-0.25, -0.2) is 0 Å². The van der Waals surface area contributed by atoms with E-state index in [0.29, 0.717) is 11.3 Å². The van der Waals surface area contributed by atoms with Crippen molar-refractivity contribution < 1.29 is 9.53 Å². The molecule has 0 aliphatic carbocycles. The number of carbonyl (C=O) groups excluding carboxylic acids is 1. The van der Waals surface area contributed by atoms with Crippen molar-refractivity contribution in [3.05, 3.63) is 29.3 Å². The van der Waals surface area contributed by atoms with Crippen LogP contribution in [-0.2, 0) is 11.3 Å². The molecule has 0 saturated carbocycles. The molecule has 1 amide bonds. The van der Waals surface area contributed by atoms with Crippen molar-refractivity contribution in [3.8, 4) is 0 Å². The summed E-state index contributed by atoms with van der Waals surface area (Å²) in [5.41, 5.74) is 13.3. The summed E-state index contributed by atoms with van der Waals surface area (Å²) in [6, 6.07) is 5.25. The molecule has 4 N–H and O–H groups in total. The predicted octanol–water partition coefficient (Wildman–Crippen LogP) is 0.590. The molecule has 1 aliphatic heterocycles. The quantitative estimate of drug-likeness (QED) is 0.768. The van der Waals surface area contributed by atoms with Crippen LogP contribution in [0.2, 0.25) is 0 Å². The van der Waals surface area contributed by atoms with Crippen molar-refractivity contribution in [2.24, 2.45) is 5.73 Å². The zero-order valence-electron chi connectivity index (χ0n) is 10.4. The Bertz CT molecular complexity index is 426. The average Bonchev–Trinajstić information content (AvgIpc) is 2.60. The Morgan fingerprint density at radius 3 is 2.89 bits per heavy atom. The van der Waals surface area contributed by atoms with Crippen molar-refractivity contribution in [1.82, 2.24) is 4.90 Å². The van der Waals surface area contributed by atoms with Crippen LogP contribution in [0.1, 0.15) is 22.3 Å². The SMILES string of the molecule is NC(=O)c1ccc(CN2CCCOCC2)c(N)c1. The number of anilines is 1. The maximum Gasteiger partial charge on any atom is 0.248 e. The lowest BCUT2D eigenvalue weighted by atomic mass is 10.1. The van der Waals surface area contributed by atoms with E-state index < -0.39 is 5.91 Å². The molecule has 1 aromatic carbocycles. The van der Waals surface area contributed by atoms with E-state index in [1.54, 1.807) is 12.1 Å². The van der Waals surface area contributed by atoms with Gasteiger partial charge in [0.15, 0.2) is 0 Å². The molecule has 0 unspecified atom stereocenters. The standard InChI is InChI=1S/C13H19N3O2/c14-12-8-10(13(15)17)2-3-11(12)9-16-4-1-6-18-7-5-16/h2-3,8H,1,4-7,9,14H2,(H2,15,17). The van der Waals surface area contributed by atoms with Gasteiger partial charge in [-0.2, -0.15) is 0 Å². The number of carbonyl (C=O) groups is 1. The highest BCUT2D eigenvalue weighted by Gasteiger charge is 2.12. The summed E-state index contributed by atoms with van der Waals surface area (Å²) in [4.78, 5) is 13.3. The van der Waals surface area contributed by atoms with Gasteiger partial charge in [-0.05, 0) is 24.1 Å². The average molecular weight is 249 g/mol. The van der Waals surface area contributed by atoms with E-state index in [1.807, 2.05) is 6.07 Å². The zero-order chi connectivity index (χ0) is 13.0. The number of nitrogen functional groups attached to an aromatic ring is 1. The fourth-order valence-electron chi connectivity index (χ4n) is 2.09. The van der Waals surface area contributed by atoms with Gasteiger partial charge in [0.1, 0.15) is 0 Å². The molecule has 18 heavy (non-hydrogen) atoms. The third-order valence-electron chi connectivity index (χ3n) is 3.14. The third-order valence-corrected chi connectivity index (χ3v) is 3.14. The molecular weight excluding hydrogens is 230 g/mol. The van der Waals surface area contributed by atoms with E-state index in [9.17, 15) is 4.79 Å². The van der Waals surface area contributed by atoms with Crippen LogP contribution in [0.3, 0.4) is 0 Å². The number of benzene rings is 1. The zero-order valence-corrected chi connectivity index (χ0v) is 10.4. The van der Waals surface area contributed by atoms with Gasteiger partial charge in [-0.1, -0.05) is 6.07 Å². The molecule has 1 aliphatic rings. The lowest BCUT2D eigenvalue weighted by Crippen LogP contribution is -2.26. The van der Waals surface area contributed by atoms with Crippen molar-refractivity contribution in [3.63, 3.8) is 0 Å². The Kier molecular flexibility index (Phi) is 4.17. The lowest BCUT2D eigenvalue weighted by Gasteiger charge is -2.20. The Balaban J connectivity index is 2.06. The first-order chi connectivity index (χ1) is 8.66. The summed E-state index contributed by atoms with van der Waals surface area (Å²) >= 11 is 0. The van der Waals surface area contributed by atoms with Gasteiger partial charge in [0.05, 0.1) is 6.61 Å². The maximum absolute atomic E-state index is 11.0. The van der Waals surface area contributed by atoms with Crippen molar-refractivity contribution >= 4 is 11.6 Å². The number of hydrogen-bond donors (Lipinski definition) is 2. The van der Waals surface area contributed by atoms with Crippen LogP contribution in [0.25, 0.3) is 0 Å². The van der Waals surface area contributed by atoms with E-state index in [4.69, 9.17) is 16.2 Å². The number of hydrogen-bond acceptors (Lipinski definition) is 4. The van der Waals surface area contributed by atoms with Gasteiger partial charge in [-0.3, -0.25) is 9.69 Å². The molecule has 0 aromatic heterocycles. The first-order valence-electron chi connectivity index (χ1n) is 6.15. The summed E-state index contributed by atoms with van der Waals surface area (Å²) in [5.74, 6) is -0.448. The molecule has 0 bridgehead atoms. The van der Waals surface area contributed by atoms with Crippen LogP contribution >= 0.6 is 0 Å². The lowest BCUT2D eigenvalue weighted by molar-refractivity contribution is 0.100. The molecule has 98 valence electrons. The van der Waals surface area contributed by atoms with Crippen molar-refractivity contribution in [2.45, 2.75) is 13.0 Å². The number of nitrogens with zero attached hydrogens (tertiary/aromatic N) is 1. The Hall–Kier alpha value is -1.59. The first-order valence-corrected chi connectivity index (χ1v) is 6.15. The minimum atomic E-state index is -0.448. The maximum atomic E-state index is 11.0. The number of rotatable bonds is 3. The van der Waals surface area contributed by atoms with Gasteiger partial charge in [-0.15, -0.1) is 0 Å². The Labute approximate surface area is 107 Å². The number of nitrogens with two attached hydrogens (primary N) is 2. The van der Waals surface area contributed by atoms with Gasteiger partial charge < -0.3 is 16.2 Å². The Morgan fingerprint density at radius 2 is 2.17 bits per heavy atom. The van der Waals surface area contributed by atoms with Crippen molar-refractivity contribution in [1.29, 1.82) is 0 Å². The molecule has 0 spiro atoms. The monoisotopic (exact) mass is 249 g/mol. The summed E-state index contributed by atoms with van der Waals surface area (Å²) < 4.78 is 5.41. The molecule has 5 heteroatoms. The van der Waals surface area contributed by atoms with Gasteiger partial charge in [0.25, 0.3) is 0 Å². The van der Waals surface area contributed by atoms with Gasteiger partial charge >= 0.3 is 0 Å². The largest absolute Gasteiger partial charge is 0.398 e. The van der Waals surface area contributed by atoms with E-state index >= 15 is 0 Å². The second kappa shape index (κ2) is 5.84. The van der Waals surface area contributed by atoms with Crippen LogP contribution in [0.5, 0.6) is 0 Å². The molecular formula is C13H19N3O2. The van der Waals surface area contributed by atoms with Crippen LogP contribution in [-0.4, -0.2) is 37.1 Å². The topological polar surface area (TPSA) is 81.6 Å². The summed E-state index contributed by atoms with van der Waals surface area (Å²) in [6.45, 7) is 4.30.